The van der Waals surface area contributed by atoms with Crippen LogP contribution in [0.5, 0.6) is 0 Å². The van der Waals surface area contributed by atoms with Crippen molar-refractivity contribution in [2.75, 3.05) is 11.1 Å². The van der Waals surface area contributed by atoms with Crippen LogP contribution in [0.3, 0.4) is 0 Å². The lowest BCUT2D eigenvalue weighted by Crippen LogP contribution is -2.14. The Labute approximate surface area is 144 Å². The second kappa shape index (κ2) is 7.67. The number of amides is 1. The van der Waals surface area contributed by atoms with Crippen molar-refractivity contribution < 1.29 is 18.0 Å². The number of hydrogen-bond acceptors (Lipinski definition) is 6. The summed E-state index contributed by atoms with van der Waals surface area (Å²) in [6, 6.07) is 8.15. The molecule has 0 aliphatic rings. The molecule has 24 heavy (non-hydrogen) atoms. The first-order valence-corrected chi connectivity index (χ1v) is 9.82. The largest absolute Gasteiger partial charge is 0.302 e. The normalized spacial score (nSPS) is 11.2. The Morgan fingerprint density at radius 1 is 1.21 bits per heavy atom. The molecule has 0 radical (unpaired) electrons. The van der Waals surface area contributed by atoms with Crippen molar-refractivity contribution >= 4 is 38.0 Å². The fourth-order valence-corrected chi connectivity index (χ4v) is 4.34. The van der Waals surface area contributed by atoms with Crippen LogP contribution >= 0.6 is 11.3 Å². The standard InChI is InChI=1S/C16H18N2O4S2/c1-11-15(12(2)19)23-16(17-11)18-14(20)9-6-10-24(21,22)13-7-4-3-5-8-13/h3-5,7-8H,6,9-10H2,1-2H3,(H,17,18,20). The molecular formula is C16H18N2O4S2. The number of aryl methyl sites for hydroxylation is 1. The number of anilines is 1. The molecule has 2 rings (SSSR count). The fourth-order valence-electron chi connectivity index (χ4n) is 2.13. The molecule has 1 aromatic carbocycles. The summed E-state index contributed by atoms with van der Waals surface area (Å²) in [5.41, 5.74) is 0.578. The van der Waals surface area contributed by atoms with Crippen molar-refractivity contribution in [2.24, 2.45) is 0 Å². The molecule has 2 aromatic rings. The van der Waals surface area contributed by atoms with E-state index in [1.165, 1.54) is 19.1 Å². The van der Waals surface area contributed by atoms with Gasteiger partial charge in [0.05, 0.1) is 21.2 Å². The van der Waals surface area contributed by atoms with Gasteiger partial charge in [0.15, 0.2) is 20.8 Å². The highest BCUT2D eigenvalue weighted by Crippen LogP contribution is 2.23. The minimum atomic E-state index is -3.38. The molecule has 1 N–H and O–H groups in total. The van der Waals surface area contributed by atoms with Crippen LogP contribution in [0.15, 0.2) is 35.2 Å². The zero-order valence-electron chi connectivity index (χ0n) is 13.4. The van der Waals surface area contributed by atoms with Crippen molar-refractivity contribution in [3.63, 3.8) is 0 Å². The maximum atomic E-state index is 12.1. The molecule has 0 bridgehead atoms. The quantitative estimate of drug-likeness (QED) is 0.761. The van der Waals surface area contributed by atoms with E-state index in [0.717, 1.165) is 11.3 Å². The van der Waals surface area contributed by atoms with E-state index >= 15 is 0 Å². The van der Waals surface area contributed by atoms with Crippen molar-refractivity contribution in [2.45, 2.75) is 31.6 Å². The maximum Gasteiger partial charge on any atom is 0.226 e. The number of rotatable bonds is 7. The number of aromatic nitrogens is 1. The molecule has 0 unspecified atom stereocenters. The zero-order chi connectivity index (χ0) is 17.7. The summed E-state index contributed by atoms with van der Waals surface area (Å²) in [4.78, 5) is 28.2. The molecule has 0 aliphatic carbocycles. The van der Waals surface area contributed by atoms with Crippen LogP contribution in [0.25, 0.3) is 0 Å². The van der Waals surface area contributed by atoms with Gasteiger partial charge < -0.3 is 5.32 Å². The van der Waals surface area contributed by atoms with Gasteiger partial charge in [-0.3, -0.25) is 9.59 Å². The van der Waals surface area contributed by atoms with Gasteiger partial charge in [0.1, 0.15) is 0 Å². The van der Waals surface area contributed by atoms with Gasteiger partial charge in [-0.05, 0) is 25.5 Å². The van der Waals surface area contributed by atoms with Crippen molar-refractivity contribution in [3.8, 4) is 0 Å². The van der Waals surface area contributed by atoms with Crippen LogP contribution in [-0.2, 0) is 14.6 Å². The number of nitrogens with zero attached hydrogens (tertiary/aromatic N) is 1. The highest BCUT2D eigenvalue weighted by Gasteiger charge is 2.16. The van der Waals surface area contributed by atoms with E-state index in [1.807, 2.05) is 0 Å². The van der Waals surface area contributed by atoms with E-state index in [0.29, 0.717) is 15.7 Å². The van der Waals surface area contributed by atoms with Gasteiger partial charge in [0.25, 0.3) is 0 Å². The summed E-state index contributed by atoms with van der Waals surface area (Å²) in [7, 11) is -3.38. The summed E-state index contributed by atoms with van der Waals surface area (Å²) in [5.74, 6) is -0.512. The lowest BCUT2D eigenvalue weighted by Gasteiger charge is -2.04. The molecule has 6 nitrogen and oxygen atoms in total. The maximum absolute atomic E-state index is 12.1. The number of sulfone groups is 1. The average molecular weight is 366 g/mol. The van der Waals surface area contributed by atoms with Crippen molar-refractivity contribution in [1.82, 2.24) is 4.98 Å². The molecule has 0 atom stereocenters. The second-order valence-corrected chi connectivity index (χ2v) is 8.38. The van der Waals surface area contributed by atoms with Gasteiger partial charge in [-0.25, -0.2) is 13.4 Å². The first-order chi connectivity index (χ1) is 11.3. The number of carbonyl (C=O) groups is 2. The summed E-state index contributed by atoms with van der Waals surface area (Å²) in [6.07, 6.45) is 0.285. The monoisotopic (exact) mass is 366 g/mol. The molecule has 0 spiro atoms. The van der Waals surface area contributed by atoms with Gasteiger partial charge in [-0.1, -0.05) is 29.5 Å². The number of Topliss-reactive ketones (excluding diaryl/α,β-unsaturated/α-hetero) is 1. The number of ketones is 1. The van der Waals surface area contributed by atoms with Crippen LogP contribution in [-0.4, -0.2) is 30.8 Å². The average Bonchev–Trinajstić information content (AvgIpc) is 2.88. The van der Waals surface area contributed by atoms with Crippen LogP contribution in [0.2, 0.25) is 0 Å². The van der Waals surface area contributed by atoms with Crippen LogP contribution in [0, 0.1) is 6.92 Å². The van der Waals surface area contributed by atoms with Crippen LogP contribution < -0.4 is 5.32 Å². The first-order valence-electron chi connectivity index (χ1n) is 7.35. The SMILES string of the molecule is CC(=O)c1sc(NC(=O)CCCS(=O)(=O)c2ccccc2)nc1C. The minimum Gasteiger partial charge on any atom is -0.302 e. The van der Waals surface area contributed by atoms with Gasteiger partial charge in [0.2, 0.25) is 5.91 Å². The lowest BCUT2D eigenvalue weighted by atomic mass is 10.3. The Hall–Kier alpha value is -2.06. The number of benzene rings is 1. The Balaban J connectivity index is 1.88. The molecule has 8 heteroatoms. The first kappa shape index (κ1) is 18.3. The van der Waals surface area contributed by atoms with Gasteiger partial charge in [-0.15, -0.1) is 0 Å². The number of hydrogen-bond donors (Lipinski definition) is 1. The summed E-state index contributed by atoms with van der Waals surface area (Å²) in [6.45, 7) is 3.15. The third-order valence-corrected chi connectivity index (χ3v) is 6.27. The molecular weight excluding hydrogens is 348 g/mol. The predicted molar refractivity (Wildman–Crippen MR) is 93.2 cm³/mol. The van der Waals surface area contributed by atoms with E-state index in [-0.39, 0.29) is 35.2 Å². The molecule has 0 saturated heterocycles. The number of nitrogens with one attached hydrogen (secondary N) is 1. The smallest absolute Gasteiger partial charge is 0.226 e. The third-order valence-electron chi connectivity index (χ3n) is 3.28. The van der Waals surface area contributed by atoms with E-state index in [9.17, 15) is 18.0 Å². The highest BCUT2D eigenvalue weighted by molar-refractivity contribution is 7.91. The fraction of sp³-hybridized carbons (Fsp3) is 0.312. The Morgan fingerprint density at radius 2 is 1.88 bits per heavy atom. The molecule has 1 aromatic heterocycles. The molecule has 1 amide bonds. The Morgan fingerprint density at radius 3 is 2.46 bits per heavy atom. The van der Waals surface area contributed by atoms with Gasteiger partial charge in [-0.2, -0.15) is 0 Å². The minimum absolute atomic E-state index is 0.0695. The highest BCUT2D eigenvalue weighted by atomic mass is 32.2. The predicted octanol–water partition coefficient (Wildman–Crippen LogP) is 2.85. The molecule has 0 fully saturated rings. The summed E-state index contributed by atoms with van der Waals surface area (Å²) >= 11 is 1.12. The lowest BCUT2D eigenvalue weighted by molar-refractivity contribution is -0.116. The van der Waals surface area contributed by atoms with E-state index < -0.39 is 9.84 Å². The van der Waals surface area contributed by atoms with Crippen LogP contribution in [0.1, 0.15) is 35.1 Å². The van der Waals surface area contributed by atoms with Crippen molar-refractivity contribution in [1.29, 1.82) is 0 Å². The molecule has 128 valence electrons. The Kier molecular flexibility index (Phi) is 5.84. The van der Waals surface area contributed by atoms with E-state index in [4.69, 9.17) is 0 Å². The number of carbonyl (C=O) groups excluding carboxylic acids is 2. The van der Waals surface area contributed by atoms with E-state index in [1.54, 1.807) is 25.1 Å². The van der Waals surface area contributed by atoms with Gasteiger partial charge in [0, 0.05) is 13.3 Å². The third kappa shape index (κ3) is 4.72. The van der Waals surface area contributed by atoms with Gasteiger partial charge >= 0.3 is 0 Å². The topological polar surface area (TPSA) is 93.2 Å². The summed E-state index contributed by atoms with van der Waals surface area (Å²) in [5, 5.41) is 2.96. The van der Waals surface area contributed by atoms with E-state index in [2.05, 4.69) is 10.3 Å². The number of thiazole rings is 1. The summed E-state index contributed by atoms with van der Waals surface area (Å²) < 4.78 is 24.2. The molecule has 1 heterocycles. The van der Waals surface area contributed by atoms with Crippen LogP contribution in [0.4, 0.5) is 5.13 Å². The Bertz CT molecular complexity index is 842. The van der Waals surface area contributed by atoms with Crippen molar-refractivity contribution in [3.05, 3.63) is 40.9 Å². The second-order valence-electron chi connectivity index (χ2n) is 5.27. The molecule has 0 aliphatic heterocycles. The molecule has 0 saturated carbocycles. The zero-order valence-corrected chi connectivity index (χ0v) is 15.0.